The molecule has 0 aliphatic rings. The Balaban J connectivity index is 4.00. The third-order valence-corrected chi connectivity index (χ3v) is 3.43. The number of sulfonamides is 1. The van der Waals surface area contributed by atoms with Gasteiger partial charge >= 0.3 is 5.97 Å². The standard InChI is InChI=1S/C8H14N2O4S/c1-10(15(12,13)7-5-9)6-3-4-8(11)14-2/h3-4,6-7H2,1-2H3. The lowest BCUT2D eigenvalue weighted by atomic mass is 10.3. The van der Waals surface area contributed by atoms with Gasteiger partial charge in [0.1, 0.15) is 0 Å². The fourth-order valence-corrected chi connectivity index (χ4v) is 1.67. The van der Waals surface area contributed by atoms with Gasteiger partial charge in [-0.1, -0.05) is 0 Å². The summed E-state index contributed by atoms with van der Waals surface area (Å²) in [4.78, 5) is 10.7. The Bertz CT molecular complexity index is 344. The molecule has 0 rings (SSSR count). The van der Waals surface area contributed by atoms with E-state index in [1.165, 1.54) is 14.2 Å². The van der Waals surface area contributed by atoms with Crippen molar-refractivity contribution in [1.82, 2.24) is 4.31 Å². The second-order valence-electron chi connectivity index (χ2n) is 2.92. The molecule has 6 nitrogen and oxygen atoms in total. The zero-order chi connectivity index (χ0) is 11.9. The molecule has 0 unspecified atom stereocenters. The van der Waals surface area contributed by atoms with Crippen molar-refractivity contribution in [2.45, 2.75) is 12.8 Å². The molecule has 0 aliphatic carbocycles. The van der Waals surface area contributed by atoms with Gasteiger partial charge in [0.2, 0.25) is 10.0 Å². The minimum atomic E-state index is -3.49. The van der Waals surface area contributed by atoms with Gasteiger partial charge in [0, 0.05) is 20.0 Å². The summed E-state index contributed by atoms with van der Waals surface area (Å²) < 4.78 is 28.0. The van der Waals surface area contributed by atoms with Crippen LogP contribution in [-0.2, 0) is 19.6 Å². The highest BCUT2D eigenvalue weighted by atomic mass is 32.2. The third-order valence-electron chi connectivity index (χ3n) is 1.80. The van der Waals surface area contributed by atoms with Crippen molar-refractivity contribution in [3.8, 4) is 6.07 Å². The van der Waals surface area contributed by atoms with Crippen LogP contribution in [0.2, 0.25) is 0 Å². The van der Waals surface area contributed by atoms with Crippen LogP contribution in [0.1, 0.15) is 12.8 Å². The molecule has 0 saturated heterocycles. The number of methoxy groups -OCH3 is 1. The first kappa shape index (κ1) is 13.9. The number of esters is 1. The topological polar surface area (TPSA) is 87.5 Å². The quantitative estimate of drug-likeness (QED) is 0.590. The second kappa shape index (κ2) is 6.37. The summed E-state index contributed by atoms with van der Waals surface area (Å²) >= 11 is 0. The van der Waals surface area contributed by atoms with E-state index in [9.17, 15) is 13.2 Å². The lowest BCUT2D eigenvalue weighted by Crippen LogP contribution is -2.30. The monoisotopic (exact) mass is 234 g/mol. The Morgan fingerprint density at radius 3 is 2.60 bits per heavy atom. The van der Waals surface area contributed by atoms with Crippen molar-refractivity contribution < 1.29 is 17.9 Å². The molecule has 0 saturated carbocycles. The van der Waals surface area contributed by atoms with Crippen LogP contribution in [0.25, 0.3) is 0 Å². The van der Waals surface area contributed by atoms with Gasteiger partial charge in [-0.15, -0.1) is 0 Å². The minimum Gasteiger partial charge on any atom is -0.469 e. The van der Waals surface area contributed by atoms with Crippen LogP contribution >= 0.6 is 0 Å². The van der Waals surface area contributed by atoms with E-state index >= 15 is 0 Å². The van der Waals surface area contributed by atoms with E-state index in [2.05, 4.69) is 4.74 Å². The van der Waals surface area contributed by atoms with Gasteiger partial charge in [0.25, 0.3) is 0 Å². The minimum absolute atomic E-state index is 0.170. The highest BCUT2D eigenvalue weighted by Gasteiger charge is 2.16. The molecule has 0 heterocycles. The van der Waals surface area contributed by atoms with E-state index in [-0.39, 0.29) is 18.9 Å². The van der Waals surface area contributed by atoms with Crippen LogP contribution in [0, 0.1) is 11.3 Å². The normalized spacial score (nSPS) is 11.1. The number of nitrogens with zero attached hydrogens (tertiary/aromatic N) is 2. The predicted molar refractivity (Wildman–Crippen MR) is 53.3 cm³/mol. The predicted octanol–water partition coefficient (Wildman–Crippen LogP) is -0.275. The molecule has 0 aromatic rings. The first-order chi connectivity index (χ1) is 6.94. The van der Waals surface area contributed by atoms with E-state index in [1.54, 1.807) is 6.07 Å². The molecule has 0 aliphatic heterocycles. The molecule has 0 radical (unpaired) electrons. The summed E-state index contributed by atoms with van der Waals surface area (Å²) in [6.07, 6.45) is 0.552. The number of nitriles is 1. The van der Waals surface area contributed by atoms with Gasteiger partial charge in [-0.25, -0.2) is 12.7 Å². The van der Waals surface area contributed by atoms with E-state index < -0.39 is 15.8 Å². The maximum absolute atomic E-state index is 11.3. The number of hydrogen-bond acceptors (Lipinski definition) is 5. The van der Waals surface area contributed by atoms with Gasteiger partial charge in [-0.2, -0.15) is 5.26 Å². The molecule has 0 aromatic heterocycles. The molecule has 0 aromatic carbocycles. The van der Waals surface area contributed by atoms with Crippen LogP contribution < -0.4 is 0 Å². The average Bonchev–Trinajstić information content (AvgIpc) is 2.17. The fourth-order valence-electron chi connectivity index (χ4n) is 0.879. The molecule has 0 fully saturated rings. The number of hydrogen-bond donors (Lipinski definition) is 0. The Morgan fingerprint density at radius 2 is 2.13 bits per heavy atom. The Kier molecular flexibility index (Phi) is 5.89. The first-order valence-corrected chi connectivity index (χ1v) is 5.92. The summed E-state index contributed by atoms with van der Waals surface area (Å²) in [5.74, 6) is -0.914. The summed E-state index contributed by atoms with van der Waals surface area (Å²) in [7, 11) is -0.840. The highest BCUT2D eigenvalue weighted by Crippen LogP contribution is 2.01. The molecule has 0 amide bonds. The number of carbonyl (C=O) groups excluding carboxylic acids is 1. The lowest BCUT2D eigenvalue weighted by molar-refractivity contribution is -0.140. The number of rotatable bonds is 6. The maximum atomic E-state index is 11.3. The molecule has 15 heavy (non-hydrogen) atoms. The number of carbonyl (C=O) groups is 1. The highest BCUT2D eigenvalue weighted by molar-refractivity contribution is 7.89. The Morgan fingerprint density at radius 1 is 1.53 bits per heavy atom. The average molecular weight is 234 g/mol. The molecule has 0 bridgehead atoms. The van der Waals surface area contributed by atoms with Crippen molar-refractivity contribution in [3.63, 3.8) is 0 Å². The third kappa shape index (κ3) is 5.34. The summed E-state index contributed by atoms with van der Waals surface area (Å²) in [5, 5.41) is 8.27. The van der Waals surface area contributed by atoms with Gasteiger partial charge in [0.05, 0.1) is 13.2 Å². The van der Waals surface area contributed by atoms with E-state index in [1.807, 2.05) is 0 Å². The van der Waals surface area contributed by atoms with E-state index in [4.69, 9.17) is 5.26 Å². The smallest absolute Gasteiger partial charge is 0.305 e. The Labute approximate surface area is 89.5 Å². The summed E-state index contributed by atoms with van der Waals surface area (Å²) in [5.41, 5.74) is 0. The number of ether oxygens (including phenoxy) is 1. The van der Waals surface area contributed by atoms with Crippen molar-refractivity contribution in [2.75, 3.05) is 26.5 Å². The van der Waals surface area contributed by atoms with E-state index in [0.29, 0.717) is 6.42 Å². The molecule has 0 N–H and O–H groups in total. The van der Waals surface area contributed by atoms with Crippen LogP contribution in [0.15, 0.2) is 0 Å². The fraction of sp³-hybridized carbons (Fsp3) is 0.750. The van der Waals surface area contributed by atoms with Crippen molar-refractivity contribution in [1.29, 1.82) is 5.26 Å². The van der Waals surface area contributed by atoms with Gasteiger partial charge in [-0.05, 0) is 6.42 Å². The summed E-state index contributed by atoms with van der Waals surface area (Å²) in [6, 6.07) is 1.58. The molecule has 0 atom stereocenters. The van der Waals surface area contributed by atoms with Crippen LogP contribution in [0.5, 0.6) is 0 Å². The second-order valence-corrected chi connectivity index (χ2v) is 4.99. The maximum Gasteiger partial charge on any atom is 0.305 e. The lowest BCUT2D eigenvalue weighted by Gasteiger charge is -2.14. The summed E-state index contributed by atoms with van der Waals surface area (Å²) in [6.45, 7) is 0.207. The van der Waals surface area contributed by atoms with Crippen LogP contribution in [0.4, 0.5) is 0 Å². The zero-order valence-corrected chi connectivity index (χ0v) is 9.58. The van der Waals surface area contributed by atoms with Crippen molar-refractivity contribution in [3.05, 3.63) is 0 Å². The van der Waals surface area contributed by atoms with Crippen LogP contribution in [-0.4, -0.2) is 45.1 Å². The van der Waals surface area contributed by atoms with Crippen molar-refractivity contribution >= 4 is 16.0 Å². The van der Waals surface area contributed by atoms with Gasteiger partial charge in [-0.3, -0.25) is 4.79 Å². The van der Waals surface area contributed by atoms with Gasteiger partial charge < -0.3 is 4.74 Å². The zero-order valence-electron chi connectivity index (χ0n) is 8.76. The van der Waals surface area contributed by atoms with E-state index in [0.717, 1.165) is 4.31 Å². The molecule has 0 spiro atoms. The first-order valence-electron chi connectivity index (χ1n) is 4.32. The molecular weight excluding hydrogens is 220 g/mol. The Hall–Kier alpha value is -1.13. The van der Waals surface area contributed by atoms with Gasteiger partial charge in [0.15, 0.2) is 5.75 Å². The molecular formula is C8H14N2O4S. The SMILES string of the molecule is COC(=O)CCCN(C)S(=O)(=O)CC#N. The van der Waals surface area contributed by atoms with Crippen LogP contribution in [0.3, 0.4) is 0 Å². The largest absolute Gasteiger partial charge is 0.469 e. The van der Waals surface area contributed by atoms with Crippen molar-refractivity contribution in [2.24, 2.45) is 0 Å². The molecule has 7 heteroatoms. The molecule has 86 valence electrons.